The lowest BCUT2D eigenvalue weighted by atomic mass is 9.68. The normalized spacial score (nSPS) is 19.9. The number of aromatic nitrogens is 4. The number of carbonyl (C=O) groups is 1. The Morgan fingerprint density at radius 3 is 2.58 bits per heavy atom. The van der Waals surface area contributed by atoms with Crippen LogP contribution in [-0.2, 0) is 0 Å². The highest BCUT2D eigenvalue weighted by Gasteiger charge is 2.42. The third kappa shape index (κ3) is 4.33. The fourth-order valence-electron chi connectivity index (χ4n) is 4.25. The third-order valence-corrected chi connectivity index (χ3v) is 6.34. The molecule has 8 heteroatoms. The number of nitriles is 1. The Bertz CT molecular complexity index is 984. The number of aliphatic hydroxyl groups is 1. The molecule has 0 fully saturated rings. The van der Waals surface area contributed by atoms with E-state index in [4.69, 9.17) is 5.10 Å². The smallest absolute Gasteiger partial charge is 0.272 e. The number of hydrogen-bond donors (Lipinski definition) is 2. The van der Waals surface area contributed by atoms with Crippen LogP contribution >= 0.6 is 0 Å². The predicted molar refractivity (Wildman–Crippen MR) is 117 cm³/mol. The Hall–Kier alpha value is -2.79. The van der Waals surface area contributed by atoms with E-state index < -0.39 is 11.5 Å². The van der Waals surface area contributed by atoms with Gasteiger partial charge in [0.25, 0.3) is 5.91 Å². The van der Waals surface area contributed by atoms with Crippen LogP contribution in [0.4, 0.5) is 0 Å². The van der Waals surface area contributed by atoms with E-state index >= 15 is 0 Å². The summed E-state index contributed by atoms with van der Waals surface area (Å²) in [6.45, 7) is 11.7. The van der Waals surface area contributed by atoms with Gasteiger partial charge in [0.2, 0.25) is 0 Å². The molecule has 3 rings (SSSR count). The van der Waals surface area contributed by atoms with E-state index in [-0.39, 0.29) is 29.8 Å². The van der Waals surface area contributed by atoms with Gasteiger partial charge in [-0.3, -0.25) is 9.78 Å². The minimum Gasteiger partial charge on any atom is -0.394 e. The van der Waals surface area contributed by atoms with Gasteiger partial charge in [0.15, 0.2) is 11.5 Å². The van der Waals surface area contributed by atoms with Crippen molar-refractivity contribution < 1.29 is 9.90 Å². The van der Waals surface area contributed by atoms with Gasteiger partial charge in [-0.25, -0.2) is 9.67 Å². The van der Waals surface area contributed by atoms with E-state index in [1.54, 1.807) is 23.3 Å². The van der Waals surface area contributed by atoms with Crippen molar-refractivity contribution in [1.82, 2.24) is 25.1 Å². The van der Waals surface area contributed by atoms with Crippen LogP contribution < -0.4 is 5.32 Å². The van der Waals surface area contributed by atoms with Gasteiger partial charge >= 0.3 is 0 Å². The van der Waals surface area contributed by atoms with E-state index in [0.29, 0.717) is 11.5 Å². The summed E-state index contributed by atoms with van der Waals surface area (Å²) in [5, 5.41) is 27.3. The highest BCUT2D eigenvalue weighted by atomic mass is 16.3. The van der Waals surface area contributed by atoms with Crippen molar-refractivity contribution in [1.29, 1.82) is 5.26 Å². The van der Waals surface area contributed by atoms with Crippen LogP contribution in [0.1, 0.15) is 88.0 Å². The fourth-order valence-corrected chi connectivity index (χ4v) is 4.25. The second kappa shape index (κ2) is 8.39. The quantitative estimate of drug-likeness (QED) is 0.760. The summed E-state index contributed by atoms with van der Waals surface area (Å²) >= 11 is 0. The third-order valence-electron chi connectivity index (χ3n) is 6.34. The first kappa shape index (κ1) is 22.9. The minimum atomic E-state index is -0.637. The van der Waals surface area contributed by atoms with Crippen molar-refractivity contribution in [3.63, 3.8) is 0 Å². The molecular weight excluding hydrogens is 392 g/mol. The van der Waals surface area contributed by atoms with Crippen LogP contribution in [0, 0.1) is 22.2 Å². The molecule has 0 bridgehead atoms. The Labute approximate surface area is 183 Å². The first-order valence-corrected chi connectivity index (χ1v) is 10.7. The Balaban J connectivity index is 2.19. The molecule has 0 aromatic carbocycles. The van der Waals surface area contributed by atoms with Crippen molar-refractivity contribution in [2.45, 2.75) is 72.3 Å². The van der Waals surface area contributed by atoms with Crippen molar-refractivity contribution in [3.05, 3.63) is 35.5 Å². The highest BCUT2D eigenvalue weighted by molar-refractivity contribution is 5.94. The zero-order valence-corrected chi connectivity index (χ0v) is 19.2. The molecule has 0 spiro atoms. The number of nitrogens with zero attached hydrogens (tertiary/aromatic N) is 5. The Morgan fingerprint density at radius 2 is 2.03 bits per heavy atom. The van der Waals surface area contributed by atoms with E-state index in [0.717, 1.165) is 24.1 Å². The molecule has 8 nitrogen and oxygen atoms in total. The Morgan fingerprint density at radius 1 is 1.32 bits per heavy atom. The molecule has 0 aliphatic heterocycles. The zero-order chi connectivity index (χ0) is 23.0. The molecule has 1 aliphatic rings. The summed E-state index contributed by atoms with van der Waals surface area (Å²) in [5.74, 6) is 0.195. The van der Waals surface area contributed by atoms with Crippen LogP contribution in [0.5, 0.6) is 0 Å². The summed E-state index contributed by atoms with van der Waals surface area (Å²) < 4.78 is 1.68. The van der Waals surface area contributed by atoms with Crippen molar-refractivity contribution in [2.24, 2.45) is 10.8 Å². The molecule has 2 aromatic rings. The lowest BCUT2D eigenvalue weighted by Crippen LogP contribution is -2.46. The molecule has 1 unspecified atom stereocenters. The van der Waals surface area contributed by atoms with Gasteiger partial charge in [-0.15, -0.1) is 0 Å². The van der Waals surface area contributed by atoms with Crippen LogP contribution in [0.25, 0.3) is 5.82 Å². The van der Waals surface area contributed by atoms with E-state index in [9.17, 15) is 15.2 Å². The number of aliphatic hydroxyl groups excluding tert-OH is 1. The maximum Gasteiger partial charge on any atom is 0.272 e. The van der Waals surface area contributed by atoms with Gasteiger partial charge in [0.1, 0.15) is 0 Å². The average Bonchev–Trinajstić information content (AvgIpc) is 3.13. The van der Waals surface area contributed by atoms with Gasteiger partial charge in [-0.05, 0) is 38.0 Å². The van der Waals surface area contributed by atoms with Gasteiger partial charge in [0, 0.05) is 23.9 Å². The number of nitrogens with one attached hydrogen (secondary N) is 1. The zero-order valence-electron chi connectivity index (χ0n) is 19.2. The maximum atomic E-state index is 13.3. The summed E-state index contributed by atoms with van der Waals surface area (Å²) in [5.41, 5.74) is 1.09. The van der Waals surface area contributed by atoms with Gasteiger partial charge in [-0.2, -0.15) is 10.4 Å². The summed E-state index contributed by atoms with van der Waals surface area (Å²) in [6.07, 6.45) is 6.46. The SMILES string of the molecule is C[C@@H]1CCC(C(C)(C)C#N)c2c1c(C(=O)N[C@H](CO)C(C)(C)C)nn2-c1cnccn1. The topological polar surface area (TPSA) is 117 Å². The highest BCUT2D eigenvalue weighted by Crippen LogP contribution is 2.48. The fraction of sp³-hybridized carbons (Fsp3) is 0.609. The van der Waals surface area contributed by atoms with E-state index in [1.165, 1.54) is 0 Å². The molecule has 2 aromatic heterocycles. The van der Waals surface area contributed by atoms with Crippen LogP contribution in [-0.4, -0.2) is 43.4 Å². The van der Waals surface area contributed by atoms with Crippen LogP contribution in [0.3, 0.4) is 0 Å². The molecule has 2 N–H and O–H groups in total. The molecule has 0 radical (unpaired) electrons. The van der Waals surface area contributed by atoms with E-state index in [2.05, 4.69) is 28.3 Å². The van der Waals surface area contributed by atoms with E-state index in [1.807, 2.05) is 34.6 Å². The molecule has 166 valence electrons. The summed E-state index contributed by atoms with van der Waals surface area (Å²) in [7, 11) is 0. The predicted octanol–water partition coefficient (Wildman–Crippen LogP) is 3.33. The van der Waals surface area contributed by atoms with Gasteiger partial charge in [0.05, 0.1) is 36.0 Å². The second-order valence-electron chi connectivity index (χ2n) is 10.1. The molecule has 3 atom stereocenters. The molecule has 0 saturated heterocycles. The number of fused-ring (bicyclic) bond motifs is 1. The van der Waals surface area contributed by atoms with Crippen LogP contribution in [0.15, 0.2) is 18.6 Å². The van der Waals surface area contributed by atoms with Crippen molar-refractivity contribution >= 4 is 5.91 Å². The van der Waals surface area contributed by atoms with Crippen molar-refractivity contribution in [3.8, 4) is 11.9 Å². The second-order valence-corrected chi connectivity index (χ2v) is 10.1. The maximum absolute atomic E-state index is 13.3. The Kier molecular flexibility index (Phi) is 6.19. The summed E-state index contributed by atoms with van der Waals surface area (Å²) in [6, 6.07) is 2.02. The minimum absolute atomic E-state index is 0.101. The number of hydrogen-bond acceptors (Lipinski definition) is 6. The van der Waals surface area contributed by atoms with Gasteiger partial charge in [-0.1, -0.05) is 27.7 Å². The number of carbonyl (C=O) groups excluding carboxylic acids is 1. The van der Waals surface area contributed by atoms with Crippen LogP contribution in [0.2, 0.25) is 0 Å². The van der Waals surface area contributed by atoms with Gasteiger partial charge < -0.3 is 10.4 Å². The average molecular weight is 425 g/mol. The molecule has 31 heavy (non-hydrogen) atoms. The standard InChI is InChI=1S/C23H32N6O2/c1-14-7-8-15(23(5,6)13-24)20-18(14)19(21(31)27-16(12-30)22(2,3)4)28-29(20)17-11-25-9-10-26-17/h9-11,14-16,30H,7-8,12H2,1-6H3,(H,27,31)/t14-,15?,16-/m1/s1. The first-order chi connectivity index (χ1) is 14.5. The summed E-state index contributed by atoms with van der Waals surface area (Å²) in [4.78, 5) is 21.9. The van der Waals surface area contributed by atoms with Crippen molar-refractivity contribution in [2.75, 3.05) is 6.61 Å². The number of amides is 1. The first-order valence-electron chi connectivity index (χ1n) is 10.7. The molecular formula is C23H32N6O2. The number of rotatable bonds is 5. The lowest BCUT2D eigenvalue weighted by Gasteiger charge is -2.35. The monoisotopic (exact) mass is 424 g/mol. The largest absolute Gasteiger partial charge is 0.394 e. The molecule has 0 saturated carbocycles. The lowest BCUT2D eigenvalue weighted by molar-refractivity contribution is 0.0841. The molecule has 2 heterocycles. The molecule has 1 aliphatic carbocycles. The molecule has 1 amide bonds.